The lowest BCUT2D eigenvalue weighted by molar-refractivity contribution is -0.00578. The number of hydrogen-bond donors (Lipinski definition) is 1. The van der Waals surface area contributed by atoms with E-state index in [2.05, 4.69) is 5.32 Å². The monoisotopic (exact) mass is 231 g/mol. The van der Waals surface area contributed by atoms with Gasteiger partial charge in [0.05, 0.1) is 29.3 Å². The minimum absolute atomic E-state index is 0.463. The second-order valence-electron chi connectivity index (χ2n) is 3.33. The number of rotatable bonds is 3. The van der Waals surface area contributed by atoms with Crippen molar-refractivity contribution in [3.8, 4) is 0 Å². The summed E-state index contributed by atoms with van der Waals surface area (Å²) in [5.41, 5.74) is 1.03. The summed E-state index contributed by atoms with van der Waals surface area (Å²) in [7, 11) is 0. The molecule has 1 aromatic carbocycles. The highest BCUT2D eigenvalue weighted by molar-refractivity contribution is 6.42. The molecule has 0 amide bonds. The molecule has 4 heteroatoms. The molecule has 0 unspecified atom stereocenters. The van der Waals surface area contributed by atoms with E-state index in [4.69, 9.17) is 27.9 Å². The highest BCUT2D eigenvalue weighted by atomic mass is 35.5. The van der Waals surface area contributed by atoms with Crippen LogP contribution in [0.2, 0.25) is 10.0 Å². The molecule has 14 heavy (non-hydrogen) atoms. The molecule has 1 N–H and O–H groups in total. The van der Waals surface area contributed by atoms with E-state index < -0.39 is 0 Å². The van der Waals surface area contributed by atoms with Crippen molar-refractivity contribution in [1.82, 2.24) is 5.32 Å². The van der Waals surface area contributed by atoms with E-state index in [0.717, 1.165) is 25.3 Å². The largest absolute Gasteiger partial charge is 0.378 e. The van der Waals surface area contributed by atoms with E-state index >= 15 is 0 Å². The molecule has 0 aliphatic carbocycles. The molecular formula is C10H11Cl2NO. The lowest BCUT2D eigenvalue weighted by Gasteiger charge is -2.27. The van der Waals surface area contributed by atoms with Crippen molar-refractivity contribution < 1.29 is 4.74 Å². The fourth-order valence-electron chi connectivity index (χ4n) is 1.29. The third-order valence-corrected chi connectivity index (χ3v) is 3.11. The van der Waals surface area contributed by atoms with E-state index in [1.807, 2.05) is 12.1 Å². The first kappa shape index (κ1) is 10.2. The van der Waals surface area contributed by atoms with Gasteiger partial charge in [-0.2, -0.15) is 0 Å². The molecule has 76 valence electrons. The van der Waals surface area contributed by atoms with Gasteiger partial charge in [-0.3, -0.25) is 0 Å². The minimum atomic E-state index is 0.463. The van der Waals surface area contributed by atoms with Crippen molar-refractivity contribution in [2.45, 2.75) is 12.6 Å². The number of nitrogens with one attached hydrogen (secondary N) is 1. The summed E-state index contributed by atoms with van der Waals surface area (Å²) < 4.78 is 5.06. The third kappa shape index (κ3) is 2.20. The van der Waals surface area contributed by atoms with Gasteiger partial charge in [0.25, 0.3) is 0 Å². The Labute approximate surface area is 93.2 Å². The van der Waals surface area contributed by atoms with Crippen molar-refractivity contribution >= 4 is 23.2 Å². The molecule has 0 spiro atoms. The number of halogens is 2. The molecule has 0 bridgehead atoms. The molecule has 0 radical (unpaired) electrons. The quantitative estimate of drug-likeness (QED) is 0.864. The van der Waals surface area contributed by atoms with Crippen LogP contribution in [0.4, 0.5) is 0 Å². The predicted octanol–water partition coefficient (Wildman–Crippen LogP) is 2.48. The minimum Gasteiger partial charge on any atom is -0.378 e. The van der Waals surface area contributed by atoms with Crippen molar-refractivity contribution in [3.63, 3.8) is 0 Å². The zero-order chi connectivity index (χ0) is 9.97. The van der Waals surface area contributed by atoms with Crippen LogP contribution >= 0.6 is 23.2 Å². The predicted molar refractivity (Wildman–Crippen MR) is 57.9 cm³/mol. The Morgan fingerprint density at radius 2 is 2.14 bits per heavy atom. The van der Waals surface area contributed by atoms with E-state index in [0.29, 0.717) is 16.1 Å². The zero-order valence-electron chi connectivity index (χ0n) is 7.59. The summed E-state index contributed by atoms with van der Waals surface area (Å²) in [5.74, 6) is 0. The number of ether oxygens (including phenoxy) is 1. The van der Waals surface area contributed by atoms with Crippen molar-refractivity contribution in [1.29, 1.82) is 0 Å². The summed E-state index contributed by atoms with van der Waals surface area (Å²) in [6.07, 6.45) is 0. The highest BCUT2D eigenvalue weighted by Gasteiger charge is 2.17. The molecule has 0 aromatic heterocycles. The second kappa shape index (κ2) is 4.49. The van der Waals surface area contributed by atoms with E-state index in [9.17, 15) is 0 Å². The summed E-state index contributed by atoms with van der Waals surface area (Å²) >= 11 is 11.9. The van der Waals surface area contributed by atoms with Crippen LogP contribution in [0.25, 0.3) is 0 Å². The van der Waals surface area contributed by atoms with Crippen molar-refractivity contribution in [2.24, 2.45) is 0 Å². The van der Waals surface area contributed by atoms with E-state index in [-0.39, 0.29) is 0 Å². The second-order valence-corrected chi connectivity index (χ2v) is 4.11. The highest BCUT2D eigenvalue weighted by Crippen LogP contribution is 2.25. The van der Waals surface area contributed by atoms with Gasteiger partial charge in [0.15, 0.2) is 0 Å². The van der Waals surface area contributed by atoms with Gasteiger partial charge >= 0.3 is 0 Å². The van der Waals surface area contributed by atoms with Gasteiger partial charge in [0, 0.05) is 6.54 Å². The van der Waals surface area contributed by atoms with Crippen LogP contribution in [0.1, 0.15) is 5.56 Å². The van der Waals surface area contributed by atoms with Crippen LogP contribution in [-0.2, 0) is 11.3 Å². The fourth-order valence-corrected chi connectivity index (χ4v) is 1.68. The lowest BCUT2D eigenvalue weighted by atomic mass is 10.2. The standard InChI is InChI=1S/C10H11Cl2NO/c11-9-3-1-2-7(10(9)12)4-13-8-5-14-6-8/h1-3,8,13H,4-6H2. The molecule has 0 saturated carbocycles. The first-order valence-electron chi connectivity index (χ1n) is 4.51. The molecular weight excluding hydrogens is 221 g/mol. The van der Waals surface area contributed by atoms with Gasteiger partial charge in [-0.05, 0) is 11.6 Å². The fraction of sp³-hybridized carbons (Fsp3) is 0.400. The number of hydrogen-bond acceptors (Lipinski definition) is 2. The van der Waals surface area contributed by atoms with Crippen molar-refractivity contribution in [2.75, 3.05) is 13.2 Å². The van der Waals surface area contributed by atoms with Crippen LogP contribution in [0, 0.1) is 0 Å². The first-order chi connectivity index (χ1) is 6.77. The topological polar surface area (TPSA) is 21.3 Å². The summed E-state index contributed by atoms with van der Waals surface area (Å²) in [6.45, 7) is 2.32. The normalized spacial score (nSPS) is 16.7. The average molecular weight is 232 g/mol. The Morgan fingerprint density at radius 3 is 2.79 bits per heavy atom. The Bertz CT molecular complexity index is 326. The van der Waals surface area contributed by atoms with Gasteiger partial charge < -0.3 is 10.1 Å². The van der Waals surface area contributed by atoms with Gasteiger partial charge in [0.1, 0.15) is 0 Å². The Kier molecular flexibility index (Phi) is 3.29. The maximum Gasteiger partial charge on any atom is 0.0643 e. The van der Waals surface area contributed by atoms with Gasteiger partial charge in [-0.1, -0.05) is 35.3 Å². The molecule has 0 atom stereocenters. The lowest BCUT2D eigenvalue weighted by Crippen LogP contribution is -2.45. The smallest absolute Gasteiger partial charge is 0.0643 e. The van der Waals surface area contributed by atoms with Crippen LogP contribution in [0.3, 0.4) is 0 Å². The summed E-state index contributed by atoms with van der Waals surface area (Å²) in [4.78, 5) is 0. The molecule has 1 aliphatic rings. The Hall–Kier alpha value is -0.280. The van der Waals surface area contributed by atoms with Crippen LogP contribution < -0.4 is 5.32 Å². The van der Waals surface area contributed by atoms with Crippen LogP contribution in [0.15, 0.2) is 18.2 Å². The van der Waals surface area contributed by atoms with E-state index in [1.54, 1.807) is 6.07 Å². The zero-order valence-corrected chi connectivity index (χ0v) is 9.11. The van der Waals surface area contributed by atoms with Crippen LogP contribution in [0.5, 0.6) is 0 Å². The molecule has 1 heterocycles. The van der Waals surface area contributed by atoms with Gasteiger partial charge in [0.2, 0.25) is 0 Å². The third-order valence-electron chi connectivity index (χ3n) is 2.25. The molecule has 2 rings (SSSR count). The van der Waals surface area contributed by atoms with E-state index in [1.165, 1.54) is 0 Å². The van der Waals surface area contributed by atoms with Crippen molar-refractivity contribution in [3.05, 3.63) is 33.8 Å². The maximum absolute atomic E-state index is 6.03. The first-order valence-corrected chi connectivity index (χ1v) is 5.27. The summed E-state index contributed by atoms with van der Waals surface area (Å²) in [5, 5.41) is 4.58. The van der Waals surface area contributed by atoms with Gasteiger partial charge in [-0.25, -0.2) is 0 Å². The SMILES string of the molecule is Clc1cccc(CNC2COC2)c1Cl. The summed E-state index contributed by atoms with van der Waals surface area (Å²) in [6, 6.07) is 6.13. The molecule has 2 nitrogen and oxygen atoms in total. The maximum atomic E-state index is 6.03. The molecule has 1 fully saturated rings. The number of benzene rings is 1. The Balaban J connectivity index is 1.97. The molecule has 1 aliphatic heterocycles. The molecule has 1 aromatic rings. The van der Waals surface area contributed by atoms with Crippen LogP contribution in [-0.4, -0.2) is 19.3 Å². The Morgan fingerprint density at radius 1 is 1.36 bits per heavy atom. The molecule has 1 saturated heterocycles. The van der Waals surface area contributed by atoms with Gasteiger partial charge in [-0.15, -0.1) is 0 Å². The average Bonchev–Trinajstić information content (AvgIpc) is 2.09.